The molecule has 2 N–H and O–H groups in total. The summed E-state index contributed by atoms with van der Waals surface area (Å²) in [7, 11) is -3.34. The van der Waals surface area contributed by atoms with Gasteiger partial charge in [-0.2, -0.15) is 0 Å². The minimum Gasteiger partial charge on any atom is -0.396 e. The van der Waals surface area contributed by atoms with Gasteiger partial charge in [-0.25, -0.2) is 8.42 Å². The molecule has 1 aliphatic rings. The molecular formula is C13H19N3O3S. The number of rotatable bonds is 2. The number of nitrogen functional groups attached to an aromatic ring is 1. The van der Waals surface area contributed by atoms with Crippen molar-refractivity contribution in [2.45, 2.75) is 11.8 Å². The van der Waals surface area contributed by atoms with E-state index < -0.39 is 9.84 Å². The third-order valence-corrected chi connectivity index (χ3v) is 4.66. The number of carbonyl (C=O) groups excluding carboxylic acids is 1. The largest absolute Gasteiger partial charge is 0.396 e. The van der Waals surface area contributed by atoms with Crippen molar-refractivity contribution in [2.24, 2.45) is 0 Å². The molecular weight excluding hydrogens is 278 g/mol. The zero-order valence-electron chi connectivity index (χ0n) is 11.7. The Labute approximate surface area is 119 Å². The number of carbonyl (C=O) groups is 1. The maximum atomic E-state index is 11.7. The second kappa shape index (κ2) is 5.32. The zero-order chi connectivity index (χ0) is 14.9. The first-order chi connectivity index (χ1) is 9.30. The van der Waals surface area contributed by atoms with E-state index in [2.05, 4.69) is 0 Å². The summed E-state index contributed by atoms with van der Waals surface area (Å²) in [6, 6.07) is 5.02. The van der Waals surface area contributed by atoms with Crippen LogP contribution in [0.1, 0.15) is 6.92 Å². The summed E-state index contributed by atoms with van der Waals surface area (Å²) < 4.78 is 23.4. The molecule has 1 saturated heterocycles. The number of hydrogen-bond donors (Lipinski definition) is 1. The number of para-hydroxylation sites is 1. The average Bonchev–Trinajstić information content (AvgIpc) is 2.37. The van der Waals surface area contributed by atoms with E-state index in [-0.39, 0.29) is 16.5 Å². The molecule has 110 valence electrons. The Balaban J connectivity index is 2.25. The fourth-order valence-electron chi connectivity index (χ4n) is 2.39. The average molecular weight is 297 g/mol. The molecule has 1 heterocycles. The fraction of sp³-hybridized carbons (Fsp3) is 0.462. The van der Waals surface area contributed by atoms with Crippen LogP contribution in [-0.2, 0) is 14.6 Å². The number of nitrogens with zero attached hydrogens (tertiary/aromatic N) is 2. The van der Waals surface area contributed by atoms with E-state index in [1.165, 1.54) is 6.07 Å². The molecule has 7 heteroatoms. The van der Waals surface area contributed by atoms with E-state index >= 15 is 0 Å². The standard InChI is InChI=1S/C13H19N3O3S/c1-10(17)15-6-8-16(9-7-15)11-4-3-5-12(13(11)14)20(2,18)19/h3-5H,6-9,14H2,1-2H3. The lowest BCUT2D eigenvalue weighted by Gasteiger charge is -2.36. The molecule has 6 nitrogen and oxygen atoms in total. The third-order valence-electron chi connectivity index (χ3n) is 3.51. The van der Waals surface area contributed by atoms with Crippen LogP contribution in [0.4, 0.5) is 11.4 Å². The Morgan fingerprint density at radius 1 is 1.20 bits per heavy atom. The quantitative estimate of drug-likeness (QED) is 0.796. The van der Waals surface area contributed by atoms with Crippen LogP contribution in [-0.4, -0.2) is 51.7 Å². The fourth-order valence-corrected chi connectivity index (χ4v) is 3.22. The summed E-state index contributed by atoms with van der Waals surface area (Å²) in [6.07, 6.45) is 1.15. The number of anilines is 2. The molecule has 0 bridgehead atoms. The Morgan fingerprint density at radius 2 is 1.80 bits per heavy atom. The second-order valence-electron chi connectivity index (χ2n) is 4.95. The van der Waals surface area contributed by atoms with E-state index in [1.807, 2.05) is 11.0 Å². The molecule has 0 aliphatic carbocycles. The molecule has 20 heavy (non-hydrogen) atoms. The molecule has 1 fully saturated rings. The van der Waals surface area contributed by atoms with Crippen molar-refractivity contribution in [2.75, 3.05) is 43.1 Å². The van der Waals surface area contributed by atoms with Crippen LogP contribution in [0.15, 0.2) is 23.1 Å². The molecule has 1 aromatic rings. The first kappa shape index (κ1) is 14.6. The molecule has 0 aromatic heterocycles. The molecule has 0 radical (unpaired) electrons. The van der Waals surface area contributed by atoms with Crippen molar-refractivity contribution in [3.05, 3.63) is 18.2 Å². The van der Waals surface area contributed by atoms with Crippen LogP contribution in [0.3, 0.4) is 0 Å². The minimum atomic E-state index is -3.34. The molecule has 0 atom stereocenters. The van der Waals surface area contributed by atoms with Crippen molar-refractivity contribution in [3.63, 3.8) is 0 Å². The van der Waals surface area contributed by atoms with Gasteiger partial charge in [0.25, 0.3) is 0 Å². The van der Waals surface area contributed by atoms with Gasteiger partial charge in [-0.1, -0.05) is 6.07 Å². The van der Waals surface area contributed by atoms with Gasteiger partial charge in [0, 0.05) is 39.4 Å². The molecule has 0 saturated carbocycles. The first-order valence-corrected chi connectivity index (χ1v) is 8.29. The number of amides is 1. The van der Waals surface area contributed by atoms with Crippen LogP contribution in [0, 0.1) is 0 Å². The van der Waals surface area contributed by atoms with Crippen molar-refractivity contribution in [1.82, 2.24) is 4.90 Å². The van der Waals surface area contributed by atoms with Gasteiger partial charge in [0.1, 0.15) is 0 Å². The van der Waals surface area contributed by atoms with E-state index in [0.717, 1.165) is 11.9 Å². The van der Waals surface area contributed by atoms with Crippen molar-refractivity contribution < 1.29 is 13.2 Å². The summed E-state index contributed by atoms with van der Waals surface area (Å²) in [5.74, 6) is 0.0579. The van der Waals surface area contributed by atoms with E-state index in [9.17, 15) is 13.2 Å². The molecule has 1 aliphatic heterocycles. The monoisotopic (exact) mass is 297 g/mol. The lowest BCUT2D eigenvalue weighted by atomic mass is 10.2. The Bertz CT molecular complexity index is 620. The van der Waals surface area contributed by atoms with Gasteiger partial charge in [0.05, 0.1) is 16.3 Å². The van der Waals surface area contributed by atoms with Crippen molar-refractivity contribution in [1.29, 1.82) is 0 Å². The SMILES string of the molecule is CC(=O)N1CCN(c2cccc(S(C)(=O)=O)c2N)CC1. The molecule has 2 rings (SSSR count). The number of hydrogen-bond acceptors (Lipinski definition) is 5. The molecule has 1 amide bonds. The normalized spacial score (nSPS) is 16.3. The van der Waals surface area contributed by atoms with Gasteiger partial charge in [-0.05, 0) is 12.1 Å². The maximum absolute atomic E-state index is 11.7. The summed E-state index contributed by atoms with van der Waals surface area (Å²) >= 11 is 0. The van der Waals surface area contributed by atoms with Crippen molar-refractivity contribution >= 4 is 27.1 Å². The minimum absolute atomic E-state index is 0.0579. The maximum Gasteiger partial charge on any atom is 0.219 e. The summed E-state index contributed by atoms with van der Waals surface area (Å²) in [6.45, 7) is 4.10. The first-order valence-electron chi connectivity index (χ1n) is 6.39. The summed E-state index contributed by atoms with van der Waals surface area (Å²) in [5.41, 5.74) is 7.00. The van der Waals surface area contributed by atoms with E-state index in [4.69, 9.17) is 5.73 Å². The number of nitrogens with two attached hydrogens (primary N) is 1. The van der Waals surface area contributed by atoms with Gasteiger partial charge in [-0.3, -0.25) is 4.79 Å². The molecule has 1 aromatic carbocycles. The smallest absolute Gasteiger partial charge is 0.219 e. The highest BCUT2D eigenvalue weighted by atomic mass is 32.2. The third kappa shape index (κ3) is 2.87. The predicted molar refractivity (Wildman–Crippen MR) is 78.4 cm³/mol. The number of sulfone groups is 1. The summed E-state index contributed by atoms with van der Waals surface area (Å²) in [5, 5.41) is 0. The van der Waals surface area contributed by atoms with Crippen LogP contribution >= 0.6 is 0 Å². The van der Waals surface area contributed by atoms with Crippen LogP contribution in [0.5, 0.6) is 0 Å². The van der Waals surface area contributed by atoms with Gasteiger partial charge >= 0.3 is 0 Å². The molecule has 0 unspecified atom stereocenters. The summed E-state index contributed by atoms with van der Waals surface area (Å²) in [4.78, 5) is 15.2. The zero-order valence-corrected chi connectivity index (χ0v) is 12.5. The number of benzene rings is 1. The van der Waals surface area contributed by atoms with E-state index in [1.54, 1.807) is 17.9 Å². The Hall–Kier alpha value is -1.76. The highest BCUT2D eigenvalue weighted by Crippen LogP contribution is 2.30. The lowest BCUT2D eigenvalue weighted by molar-refractivity contribution is -0.129. The Morgan fingerprint density at radius 3 is 2.30 bits per heavy atom. The highest BCUT2D eigenvalue weighted by Gasteiger charge is 2.22. The van der Waals surface area contributed by atoms with Gasteiger partial charge < -0.3 is 15.5 Å². The van der Waals surface area contributed by atoms with Crippen molar-refractivity contribution in [3.8, 4) is 0 Å². The van der Waals surface area contributed by atoms with Gasteiger partial charge in [-0.15, -0.1) is 0 Å². The van der Waals surface area contributed by atoms with Gasteiger partial charge in [0.15, 0.2) is 9.84 Å². The second-order valence-corrected chi connectivity index (χ2v) is 6.94. The predicted octanol–water partition coefficient (Wildman–Crippen LogP) is 0.341. The van der Waals surface area contributed by atoms with Crippen LogP contribution < -0.4 is 10.6 Å². The Kier molecular flexibility index (Phi) is 3.89. The highest BCUT2D eigenvalue weighted by molar-refractivity contribution is 7.90. The number of piperazine rings is 1. The van der Waals surface area contributed by atoms with E-state index in [0.29, 0.717) is 26.2 Å². The lowest BCUT2D eigenvalue weighted by Crippen LogP contribution is -2.48. The van der Waals surface area contributed by atoms with Crippen LogP contribution in [0.2, 0.25) is 0 Å². The van der Waals surface area contributed by atoms with Gasteiger partial charge in [0.2, 0.25) is 5.91 Å². The topological polar surface area (TPSA) is 83.7 Å². The molecule has 0 spiro atoms. The van der Waals surface area contributed by atoms with Crippen LogP contribution in [0.25, 0.3) is 0 Å².